The van der Waals surface area contributed by atoms with Gasteiger partial charge in [0.15, 0.2) is 0 Å². The number of hydrogen-bond donors (Lipinski definition) is 0. The van der Waals surface area contributed by atoms with E-state index in [0.29, 0.717) is 25.7 Å². The fourth-order valence-corrected chi connectivity index (χ4v) is 2.52. The van der Waals surface area contributed by atoms with E-state index in [9.17, 15) is 9.59 Å². The summed E-state index contributed by atoms with van der Waals surface area (Å²) in [6, 6.07) is 6.06. The van der Waals surface area contributed by atoms with Crippen molar-refractivity contribution in [2.75, 3.05) is 11.9 Å². The first-order chi connectivity index (χ1) is 8.99. The first-order valence-electron chi connectivity index (χ1n) is 6.85. The zero-order valence-corrected chi connectivity index (χ0v) is 11.9. The van der Waals surface area contributed by atoms with Gasteiger partial charge >= 0.3 is 0 Å². The first-order valence-corrected chi connectivity index (χ1v) is 6.85. The third-order valence-electron chi connectivity index (χ3n) is 4.10. The molecule has 0 bridgehead atoms. The molecule has 1 fully saturated rings. The highest BCUT2D eigenvalue weighted by Crippen LogP contribution is 2.26. The molecule has 0 spiro atoms. The highest BCUT2D eigenvalue weighted by molar-refractivity contribution is 5.95. The predicted molar refractivity (Wildman–Crippen MR) is 76.3 cm³/mol. The summed E-state index contributed by atoms with van der Waals surface area (Å²) in [4.78, 5) is 25.4. The van der Waals surface area contributed by atoms with Gasteiger partial charge in [-0.05, 0) is 49.9 Å². The van der Waals surface area contributed by atoms with Crippen molar-refractivity contribution in [1.29, 1.82) is 0 Å². The lowest BCUT2D eigenvalue weighted by molar-refractivity contribution is -0.126. The van der Waals surface area contributed by atoms with Crippen molar-refractivity contribution in [1.82, 2.24) is 0 Å². The zero-order valence-electron chi connectivity index (χ0n) is 11.9. The molecule has 3 nitrogen and oxygen atoms in total. The van der Waals surface area contributed by atoms with Crippen LogP contribution in [0.5, 0.6) is 0 Å². The van der Waals surface area contributed by atoms with E-state index in [1.807, 2.05) is 25.2 Å². The van der Waals surface area contributed by atoms with Gasteiger partial charge in [-0.25, -0.2) is 0 Å². The number of carbonyl (C=O) groups excluding carboxylic acids is 2. The lowest BCUT2D eigenvalue weighted by Gasteiger charge is -2.26. The maximum Gasteiger partial charge on any atom is 0.229 e. The van der Waals surface area contributed by atoms with Gasteiger partial charge in [-0.1, -0.05) is 6.07 Å². The molecule has 1 aromatic rings. The van der Waals surface area contributed by atoms with E-state index in [4.69, 9.17) is 0 Å². The average Bonchev–Trinajstić information content (AvgIpc) is 2.41. The summed E-state index contributed by atoms with van der Waals surface area (Å²) in [5.41, 5.74) is 3.36. The van der Waals surface area contributed by atoms with Crippen molar-refractivity contribution in [2.24, 2.45) is 5.92 Å². The SMILES string of the molecule is Cc1ccc(N(C)C(=O)C2CCC(=O)CC2)cc1C. The topological polar surface area (TPSA) is 37.4 Å². The number of aryl methyl sites for hydroxylation is 2. The van der Waals surface area contributed by atoms with Gasteiger partial charge in [0.25, 0.3) is 0 Å². The molecule has 0 N–H and O–H groups in total. The summed E-state index contributed by atoms with van der Waals surface area (Å²) in [7, 11) is 1.82. The summed E-state index contributed by atoms with van der Waals surface area (Å²) < 4.78 is 0. The van der Waals surface area contributed by atoms with Crippen LogP contribution >= 0.6 is 0 Å². The van der Waals surface area contributed by atoms with Crippen LogP contribution < -0.4 is 4.90 Å². The molecule has 1 amide bonds. The molecule has 1 aliphatic carbocycles. The fourth-order valence-electron chi connectivity index (χ4n) is 2.52. The molecular weight excluding hydrogens is 238 g/mol. The van der Waals surface area contributed by atoms with Crippen LogP contribution in [0.4, 0.5) is 5.69 Å². The molecule has 0 heterocycles. The Balaban J connectivity index is 2.10. The maximum absolute atomic E-state index is 12.4. The summed E-state index contributed by atoms with van der Waals surface area (Å²) in [5.74, 6) is 0.429. The van der Waals surface area contributed by atoms with Crippen molar-refractivity contribution in [3.05, 3.63) is 29.3 Å². The lowest BCUT2D eigenvalue weighted by Crippen LogP contribution is -2.35. The lowest BCUT2D eigenvalue weighted by atomic mass is 9.87. The quantitative estimate of drug-likeness (QED) is 0.818. The maximum atomic E-state index is 12.4. The molecular formula is C16H21NO2. The highest BCUT2D eigenvalue weighted by Gasteiger charge is 2.27. The second-order valence-corrected chi connectivity index (χ2v) is 5.48. The Bertz CT molecular complexity index is 497. The monoisotopic (exact) mass is 259 g/mol. The average molecular weight is 259 g/mol. The van der Waals surface area contributed by atoms with E-state index < -0.39 is 0 Å². The molecule has 102 valence electrons. The number of anilines is 1. The molecule has 0 saturated heterocycles. The van der Waals surface area contributed by atoms with Gasteiger partial charge < -0.3 is 4.90 Å². The standard InChI is InChI=1S/C16H21NO2/c1-11-4-7-14(10-12(11)2)17(3)16(19)13-5-8-15(18)9-6-13/h4,7,10,13H,5-6,8-9H2,1-3H3. The smallest absolute Gasteiger partial charge is 0.229 e. The number of nitrogens with zero attached hydrogens (tertiary/aromatic N) is 1. The number of amides is 1. The van der Waals surface area contributed by atoms with Crippen molar-refractivity contribution in [3.63, 3.8) is 0 Å². The van der Waals surface area contributed by atoms with Crippen molar-refractivity contribution < 1.29 is 9.59 Å². The number of rotatable bonds is 2. The Morgan fingerprint density at radius 3 is 2.37 bits per heavy atom. The summed E-state index contributed by atoms with van der Waals surface area (Å²) in [6.07, 6.45) is 2.51. The van der Waals surface area contributed by atoms with Gasteiger partial charge in [-0.3, -0.25) is 9.59 Å². The van der Waals surface area contributed by atoms with Crippen molar-refractivity contribution in [2.45, 2.75) is 39.5 Å². The van der Waals surface area contributed by atoms with Crippen LogP contribution in [0.1, 0.15) is 36.8 Å². The van der Waals surface area contributed by atoms with Crippen LogP contribution in [0.2, 0.25) is 0 Å². The predicted octanol–water partition coefficient (Wildman–Crippen LogP) is 3.03. The van der Waals surface area contributed by atoms with Crippen LogP contribution in [0.25, 0.3) is 0 Å². The molecule has 3 heteroatoms. The molecule has 0 unspecified atom stereocenters. The molecule has 19 heavy (non-hydrogen) atoms. The Kier molecular flexibility index (Phi) is 4.03. The molecule has 2 rings (SSSR count). The van der Waals surface area contributed by atoms with Crippen molar-refractivity contribution in [3.8, 4) is 0 Å². The van der Waals surface area contributed by atoms with Gasteiger partial charge in [0, 0.05) is 31.5 Å². The Hall–Kier alpha value is -1.64. The third kappa shape index (κ3) is 3.03. The summed E-state index contributed by atoms with van der Waals surface area (Å²) >= 11 is 0. The molecule has 0 aliphatic heterocycles. The molecule has 1 aliphatic rings. The van der Waals surface area contributed by atoms with Gasteiger partial charge in [0.2, 0.25) is 5.91 Å². The molecule has 1 saturated carbocycles. The molecule has 0 aromatic heterocycles. The number of Topliss-reactive ketones (excluding diaryl/α,β-unsaturated/α-hetero) is 1. The van der Waals surface area contributed by atoms with E-state index in [1.165, 1.54) is 11.1 Å². The van der Waals surface area contributed by atoms with E-state index in [-0.39, 0.29) is 17.6 Å². The van der Waals surface area contributed by atoms with Gasteiger partial charge in [0.05, 0.1) is 0 Å². The van der Waals surface area contributed by atoms with Crippen LogP contribution in [0.3, 0.4) is 0 Å². The molecule has 0 atom stereocenters. The highest BCUT2D eigenvalue weighted by atomic mass is 16.2. The second-order valence-electron chi connectivity index (χ2n) is 5.48. The van der Waals surface area contributed by atoms with E-state index in [0.717, 1.165) is 5.69 Å². The number of ketones is 1. The molecule has 1 aromatic carbocycles. The number of hydrogen-bond acceptors (Lipinski definition) is 2. The Labute approximate surface area is 114 Å². The number of carbonyl (C=O) groups is 2. The first kappa shape index (κ1) is 13.8. The Morgan fingerprint density at radius 2 is 1.79 bits per heavy atom. The summed E-state index contributed by atoms with van der Waals surface area (Å²) in [5, 5.41) is 0. The van der Waals surface area contributed by atoms with Gasteiger partial charge in [-0.15, -0.1) is 0 Å². The van der Waals surface area contributed by atoms with E-state index in [2.05, 4.69) is 13.8 Å². The fraction of sp³-hybridized carbons (Fsp3) is 0.500. The zero-order chi connectivity index (χ0) is 14.0. The largest absolute Gasteiger partial charge is 0.315 e. The normalized spacial score (nSPS) is 16.5. The van der Waals surface area contributed by atoms with Crippen LogP contribution in [0, 0.1) is 19.8 Å². The van der Waals surface area contributed by atoms with E-state index >= 15 is 0 Å². The molecule has 0 radical (unpaired) electrons. The van der Waals surface area contributed by atoms with Gasteiger partial charge in [-0.2, -0.15) is 0 Å². The summed E-state index contributed by atoms with van der Waals surface area (Å²) in [6.45, 7) is 4.12. The minimum absolute atomic E-state index is 0.00399. The van der Waals surface area contributed by atoms with Crippen molar-refractivity contribution >= 4 is 17.4 Å². The third-order valence-corrected chi connectivity index (χ3v) is 4.10. The Morgan fingerprint density at radius 1 is 1.16 bits per heavy atom. The van der Waals surface area contributed by atoms with E-state index in [1.54, 1.807) is 4.90 Å². The van der Waals surface area contributed by atoms with Gasteiger partial charge in [0.1, 0.15) is 5.78 Å². The minimum atomic E-state index is 0.00399. The van der Waals surface area contributed by atoms with Crippen LogP contribution in [-0.4, -0.2) is 18.7 Å². The number of benzene rings is 1. The van der Waals surface area contributed by atoms with Crippen LogP contribution in [-0.2, 0) is 9.59 Å². The van der Waals surface area contributed by atoms with Crippen LogP contribution in [0.15, 0.2) is 18.2 Å². The minimum Gasteiger partial charge on any atom is -0.315 e. The second kappa shape index (κ2) is 5.55.